The number of nitrogens with one attached hydrogen (secondary N) is 2. The molecule has 0 unspecified atom stereocenters. The molecule has 0 aliphatic carbocycles. The molecule has 4 heterocycles. The van der Waals surface area contributed by atoms with Gasteiger partial charge in [0.05, 0.1) is 12.5 Å². The number of imidazole rings is 1. The van der Waals surface area contributed by atoms with Gasteiger partial charge in [-0.15, -0.1) is 0 Å². The lowest BCUT2D eigenvalue weighted by molar-refractivity contribution is -0.133. The van der Waals surface area contributed by atoms with E-state index in [1.54, 1.807) is 11.1 Å². The summed E-state index contributed by atoms with van der Waals surface area (Å²) < 4.78 is 2.82. The standard InChI is InChI=1S/C26H29BrN6O3/c1-2-24(35)33-14-20(15-33)30-23(34)16-32-13-18(21-12-19(27)3-4-22(21)32)11-25(36)31-9-5-17(6-10-31)26-28-7-8-29-26/h2-4,7-8,12-13,17,20H,1,5-6,9-11,14-16H2,(H,28,29)(H,30,34). The third kappa shape index (κ3) is 5.09. The summed E-state index contributed by atoms with van der Waals surface area (Å²) in [5.41, 5.74) is 1.81. The van der Waals surface area contributed by atoms with Crippen LogP contribution in [-0.4, -0.2) is 74.3 Å². The fourth-order valence-corrected chi connectivity index (χ4v) is 5.46. The van der Waals surface area contributed by atoms with Gasteiger partial charge >= 0.3 is 0 Å². The highest BCUT2D eigenvalue weighted by molar-refractivity contribution is 9.10. The molecule has 2 N–H and O–H groups in total. The minimum Gasteiger partial charge on any atom is -0.348 e. The highest BCUT2D eigenvalue weighted by atomic mass is 79.9. The maximum Gasteiger partial charge on any atom is 0.246 e. The van der Waals surface area contributed by atoms with Gasteiger partial charge in [0.1, 0.15) is 12.4 Å². The van der Waals surface area contributed by atoms with Crippen LogP contribution in [0.4, 0.5) is 0 Å². The minimum atomic E-state index is -0.123. The molecule has 2 aromatic heterocycles. The number of rotatable bonds is 7. The number of aromatic amines is 1. The zero-order valence-corrected chi connectivity index (χ0v) is 21.5. The number of carbonyl (C=O) groups is 3. The predicted octanol–water partition coefficient (Wildman–Crippen LogP) is 2.59. The predicted molar refractivity (Wildman–Crippen MR) is 139 cm³/mol. The van der Waals surface area contributed by atoms with Crippen LogP contribution in [0.1, 0.15) is 30.1 Å². The van der Waals surface area contributed by atoms with E-state index in [0.717, 1.165) is 39.6 Å². The Morgan fingerprint density at radius 3 is 2.67 bits per heavy atom. The van der Waals surface area contributed by atoms with Gasteiger partial charge in [-0.2, -0.15) is 0 Å². The molecule has 5 rings (SSSR count). The molecule has 2 aliphatic rings. The molecule has 1 aromatic carbocycles. The summed E-state index contributed by atoms with van der Waals surface area (Å²) in [4.78, 5) is 48.7. The molecule has 0 bridgehead atoms. The van der Waals surface area contributed by atoms with Gasteiger partial charge in [-0.3, -0.25) is 14.4 Å². The van der Waals surface area contributed by atoms with Crippen molar-refractivity contribution in [2.24, 2.45) is 0 Å². The molecule has 0 radical (unpaired) electrons. The van der Waals surface area contributed by atoms with Crippen molar-refractivity contribution in [3.05, 3.63) is 65.3 Å². The van der Waals surface area contributed by atoms with Crippen LogP contribution in [0, 0.1) is 0 Å². The third-order valence-corrected chi connectivity index (χ3v) is 7.56. The maximum atomic E-state index is 13.2. The van der Waals surface area contributed by atoms with Gasteiger partial charge in [-0.05, 0) is 42.7 Å². The zero-order valence-electron chi connectivity index (χ0n) is 20.0. The summed E-state index contributed by atoms with van der Waals surface area (Å²) >= 11 is 3.54. The molecule has 3 amide bonds. The number of benzene rings is 1. The van der Waals surface area contributed by atoms with Gasteiger partial charge in [0.25, 0.3) is 0 Å². The van der Waals surface area contributed by atoms with Gasteiger partial charge in [0.15, 0.2) is 0 Å². The number of likely N-dealkylation sites (tertiary alicyclic amines) is 2. The van der Waals surface area contributed by atoms with Crippen LogP contribution in [-0.2, 0) is 27.3 Å². The molecule has 36 heavy (non-hydrogen) atoms. The second-order valence-corrected chi connectivity index (χ2v) is 10.4. The Labute approximate surface area is 217 Å². The first kappa shape index (κ1) is 24.3. The fourth-order valence-electron chi connectivity index (χ4n) is 5.10. The van der Waals surface area contributed by atoms with Crippen LogP contribution < -0.4 is 5.32 Å². The largest absolute Gasteiger partial charge is 0.348 e. The van der Waals surface area contributed by atoms with Gasteiger partial charge in [-0.25, -0.2) is 4.98 Å². The maximum absolute atomic E-state index is 13.2. The Balaban J connectivity index is 1.23. The summed E-state index contributed by atoms with van der Waals surface area (Å²) in [7, 11) is 0. The van der Waals surface area contributed by atoms with E-state index in [-0.39, 0.29) is 36.7 Å². The van der Waals surface area contributed by atoms with E-state index in [9.17, 15) is 14.4 Å². The van der Waals surface area contributed by atoms with Crippen LogP contribution >= 0.6 is 15.9 Å². The highest BCUT2D eigenvalue weighted by Crippen LogP contribution is 2.28. The summed E-state index contributed by atoms with van der Waals surface area (Å²) in [5, 5.41) is 3.95. The summed E-state index contributed by atoms with van der Waals surface area (Å²) in [6.45, 7) is 6.04. The summed E-state index contributed by atoms with van der Waals surface area (Å²) in [6, 6.07) is 5.85. The van der Waals surface area contributed by atoms with E-state index in [1.165, 1.54) is 6.08 Å². The number of amides is 3. The van der Waals surface area contributed by atoms with E-state index in [1.807, 2.05) is 40.1 Å². The number of carbonyl (C=O) groups excluding carboxylic acids is 3. The van der Waals surface area contributed by atoms with Crippen molar-refractivity contribution >= 4 is 44.6 Å². The second-order valence-electron chi connectivity index (χ2n) is 9.46. The van der Waals surface area contributed by atoms with E-state index >= 15 is 0 Å². The average molecular weight is 553 g/mol. The van der Waals surface area contributed by atoms with Crippen molar-refractivity contribution in [1.82, 2.24) is 29.7 Å². The zero-order chi connectivity index (χ0) is 25.2. The van der Waals surface area contributed by atoms with Gasteiger partial charge < -0.3 is 24.7 Å². The van der Waals surface area contributed by atoms with E-state index in [2.05, 4.69) is 37.8 Å². The topological polar surface area (TPSA) is 103 Å². The number of fused-ring (bicyclic) bond motifs is 1. The molecule has 3 aromatic rings. The molecular weight excluding hydrogens is 524 g/mol. The van der Waals surface area contributed by atoms with Crippen molar-refractivity contribution in [2.45, 2.75) is 37.8 Å². The molecular formula is C26H29BrN6O3. The van der Waals surface area contributed by atoms with E-state index in [0.29, 0.717) is 32.1 Å². The Morgan fingerprint density at radius 1 is 1.19 bits per heavy atom. The number of halogens is 1. The number of nitrogens with zero attached hydrogens (tertiary/aromatic N) is 4. The lowest BCUT2D eigenvalue weighted by Gasteiger charge is -2.38. The molecule has 2 saturated heterocycles. The molecule has 188 valence electrons. The molecule has 0 atom stereocenters. The molecule has 10 heteroatoms. The first-order chi connectivity index (χ1) is 17.4. The molecule has 0 spiro atoms. The Hall–Kier alpha value is -3.40. The SMILES string of the molecule is C=CC(=O)N1CC(NC(=O)Cn2cc(CC(=O)N3CCC(c4ncc[nH]4)CC3)c3cc(Br)ccc32)C1. The lowest BCUT2D eigenvalue weighted by Crippen LogP contribution is -2.61. The van der Waals surface area contributed by atoms with Crippen molar-refractivity contribution in [2.75, 3.05) is 26.2 Å². The summed E-state index contributed by atoms with van der Waals surface area (Å²) in [5.74, 6) is 1.21. The van der Waals surface area contributed by atoms with Crippen LogP contribution in [0.25, 0.3) is 10.9 Å². The van der Waals surface area contributed by atoms with Gasteiger partial charge in [-0.1, -0.05) is 22.5 Å². The lowest BCUT2D eigenvalue weighted by atomic mass is 9.95. The first-order valence-electron chi connectivity index (χ1n) is 12.2. The number of H-pyrrole nitrogens is 1. The number of hydrogen-bond donors (Lipinski definition) is 2. The minimum absolute atomic E-state index is 0.0532. The van der Waals surface area contributed by atoms with Crippen molar-refractivity contribution in [3.63, 3.8) is 0 Å². The van der Waals surface area contributed by atoms with Crippen LogP contribution in [0.2, 0.25) is 0 Å². The first-order valence-corrected chi connectivity index (χ1v) is 13.0. The van der Waals surface area contributed by atoms with Crippen molar-refractivity contribution < 1.29 is 14.4 Å². The van der Waals surface area contributed by atoms with Gasteiger partial charge in [0.2, 0.25) is 17.7 Å². The smallest absolute Gasteiger partial charge is 0.246 e. The highest BCUT2D eigenvalue weighted by Gasteiger charge is 2.30. The Bertz CT molecular complexity index is 1290. The number of aromatic nitrogens is 3. The van der Waals surface area contributed by atoms with Crippen LogP contribution in [0.15, 0.2) is 53.9 Å². The second kappa shape index (κ2) is 10.3. The average Bonchev–Trinajstić information content (AvgIpc) is 3.50. The molecule has 2 aliphatic heterocycles. The van der Waals surface area contributed by atoms with Crippen molar-refractivity contribution in [3.8, 4) is 0 Å². The van der Waals surface area contributed by atoms with Crippen molar-refractivity contribution in [1.29, 1.82) is 0 Å². The normalized spacial score (nSPS) is 16.7. The Kier molecular flexibility index (Phi) is 6.95. The molecule has 9 nitrogen and oxygen atoms in total. The van der Waals surface area contributed by atoms with Gasteiger partial charge in [0, 0.05) is 66.1 Å². The van der Waals surface area contributed by atoms with Crippen LogP contribution in [0.5, 0.6) is 0 Å². The summed E-state index contributed by atoms with van der Waals surface area (Å²) in [6.07, 6.45) is 8.88. The third-order valence-electron chi connectivity index (χ3n) is 7.07. The van der Waals surface area contributed by atoms with Crippen LogP contribution in [0.3, 0.4) is 0 Å². The number of piperidine rings is 1. The molecule has 2 fully saturated rings. The quantitative estimate of drug-likeness (QED) is 0.439. The Morgan fingerprint density at radius 2 is 1.97 bits per heavy atom. The number of hydrogen-bond acceptors (Lipinski definition) is 4. The van der Waals surface area contributed by atoms with E-state index in [4.69, 9.17) is 0 Å². The van der Waals surface area contributed by atoms with E-state index < -0.39 is 0 Å². The fraction of sp³-hybridized carbons (Fsp3) is 0.385. The monoisotopic (exact) mass is 552 g/mol. The molecule has 0 saturated carbocycles.